The minimum absolute atomic E-state index is 0.0450. The Hall–Kier alpha value is -2.95. The Bertz CT molecular complexity index is 1080. The van der Waals surface area contributed by atoms with Crippen LogP contribution in [0.15, 0.2) is 47.3 Å². The molecule has 1 unspecified atom stereocenters. The molecule has 0 N–H and O–H groups in total. The molecule has 0 bridgehead atoms. The molecule has 0 spiro atoms. The van der Waals surface area contributed by atoms with Gasteiger partial charge in [0.05, 0.1) is 16.8 Å². The van der Waals surface area contributed by atoms with Crippen molar-refractivity contribution in [1.29, 1.82) is 0 Å². The first-order valence-corrected chi connectivity index (χ1v) is 8.87. The molecule has 2 aromatic carbocycles. The highest BCUT2D eigenvalue weighted by Crippen LogP contribution is 2.38. The van der Waals surface area contributed by atoms with Crippen molar-refractivity contribution < 1.29 is 4.79 Å². The van der Waals surface area contributed by atoms with E-state index in [9.17, 15) is 9.59 Å². The van der Waals surface area contributed by atoms with Gasteiger partial charge < -0.3 is 4.90 Å². The summed E-state index contributed by atoms with van der Waals surface area (Å²) in [5.74, 6) is 0.411. The van der Waals surface area contributed by atoms with E-state index >= 15 is 0 Å². The lowest BCUT2D eigenvalue weighted by molar-refractivity contribution is -0.119. The molecule has 26 heavy (non-hydrogen) atoms. The fourth-order valence-electron chi connectivity index (χ4n) is 3.82. The average molecular weight is 347 g/mol. The number of fused-ring (bicyclic) bond motifs is 2. The Morgan fingerprint density at radius 3 is 2.65 bits per heavy atom. The van der Waals surface area contributed by atoms with Crippen LogP contribution in [0.5, 0.6) is 0 Å². The van der Waals surface area contributed by atoms with Crippen LogP contribution < -0.4 is 10.5 Å². The van der Waals surface area contributed by atoms with Crippen LogP contribution in [0.4, 0.5) is 5.69 Å². The highest BCUT2D eigenvalue weighted by molar-refractivity contribution is 6.04. The maximum absolute atomic E-state index is 12.8. The Labute approximate surface area is 151 Å². The van der Waals surface area contributed by atoms with E-state index in [-0.39, 0.29) is 17.4 Å². The predicted molar refractivity (Wildman–Crippen MR) is 103 cm³/mol. The molecule has 4 rings (SSSR count). The van der Waals surface area contributed by atoms with Crippen molar-refractivity contribution in [3.63, 3.8) is 0 Å². The summed E-state index contributed by atoms with van der Waals surface area (Å²) < 4.78 is 1.68. The van der Waals surface area contributed by atoms with Gasteiger partial charge in [-0.1, -0.05) is 29.8 Å². The van der Waals surface area contributed by atoms with Gasteiger partial charge in [0, 0.05) is 25.7 Å². The van der Waals surface area contributed by atoms with Gasteiger partial charge in [-0.25, -0.2) is 4.98 Å². The van der Waals surface area contributed by atoms with Gasteiger partial charge >= 0.3 is 0 Å². The molecule has 1 amide bonds. The summed E-state index contributed by atoms with van der Waals surface area (Å²) in [6.07, 6.45) is 0.424. The topological polar surface area (TPSA) is 55.2 Å². The average Bonchev–Trinajstić information content (AvgIpc) is 2.86. The molecule has 1 aliphatic heterocycles. The van der Waals surface area contributed by atoms with Crippen molar-refractivity contribution in [3.05, 3.63) is 69.8 Å². The molecule has 132 valence electrons. The van der Waals surface area contributed by atoms with E-state index in [1.165, 1.54) is 0 Å². The van der Waals surface area contributed by atoms with Crippen molar-refractivity contribution in [3.8, 4) is 0 Å². The summed E-state index contributed by atoms with van der Waals surface area (Å²) in [6.45, 7) is 4.49. The molecule has 0 saturated heterocycles. The van der Waals surface area contributed by atoms with Gasteiger partial charge in [-0.3, -0.25) is 14.2 Å². The molecule has 1 atom stereocenters. The monoisotopic (exact) mass is 347 g/mol. The molecule has 5 heteroatoms. The van der Waals surface area contributed by atoms with Crippen LogP contribution in [0, 0.1) is 6.92 Å². The quantitative estimate of drug-likeness (QED) is 0.732. The van der Waals surface area contributed by atoms with E-state index in [0.717, 1.165) is 16.8 Å². The van der Waals surface area contributed by atoms with Crippen LogP contribution in [0.3, 0.4) is 0 Å². The molecular formula is C21H21N3O2. The maximum Gasteiger partial charge on any atom is 0.261 e. The van der Waals surface area contributed by atoms with Crippen molar-refractivity contribution in [2.45, 2.75) is 32.7 Å². The molecule has 0 saturated carbocycles. The SMILES string of the molecule is CCn1c(CC2C(=O)N(C)c3ccc(C)cc32)nc2ccccc2c1=O. The molecule has 0 fully saturated rings. The number of para-hydroxylation sites is 1. The molecule has 0 aliphatic carbocycles. The second-order valence-corrected chi connectivity index (χ2v) is 6.81. The maximum atomic E-state index is 12.8. The lowest BCUT2D eigenvalue weighted by Crippen LogP contribution is -2.29. The van der Waals surface area contributed by atoms with Crippen molar-refractivity contribution in [2.75, 3.05) is 11.9 Å². The van der Waals surface area contributed by atoms with E-state index in [2.05, 4.69) is 6.07 Å². The van der Waals surface area contributed by atoms with Crippen LogP contribution in [-0.4, -0.2) is 22.5 Å². The van der Waals surface area contributed by atoms with Crippen LogP contribution in [0.25, 0.3) is 10.9 Å². The van der Waals surface area contributed by atoms with Gasteiger partial charge in [0.25, 0.3) is 5.56 Å². The molecule has 0 radical (unpaired) electrons. The summed E-state index contributed by atoms with van der Waals surface area (Å²) in [5.41, 5.74) is 3.72. The summed E-state index contributed by atoms with van der Waals surface area (Å²) in [7, 11) is 1.80. The number of aryl methyl sites for hydroxylation is 1. The zero-order valence-corrected chi connectivity index (χ0v) is 15.2. The largest absolute Gasteiger partial charge is 0.315 e. The van der Waals surface area contributed by atoms with Crippen LogP contribution >= 0.6 is 0 Å². The minimum atomic E-state index is -0.305. The Kier molecular flexibility index (Phi) is 3.87. The molecule has 1 aliphatic rings. The van der Waals surface area contributed by atoms with Crippen LogP contribution in [0.1, 0.15) is 29.8 Å². The van der Waals surface area contributed by atoms with Gasteiger partial charge in [-0.05, 0) is 37.6 Å². The Morgan fingerprint density at radius 2 is 1.88 bits per heavy atom. The number of likely N-dealkylation sites (N-methyl/N-ethyl adjacent to an activating group) is 1. The van der Waals surface area contributed by atoms with E-state index in [0.29, 0.717) is 29.7 Å². The zero-order valence-electron chi connectivity index (χ0n) is 15.2. The Balaban J connectivity index is 1.85. The third kappa shape index (κ3) is 2.43. The zero-order chi connectivity index (χ0) is 18.4. The lowest BCUT2D eigenvalue weighted by Gasteiger charge is -2.15. The van der Waals surface area contributed by atoms with Gasteiger partial charge in [0.1, 0.15) is 5.82 Å². The summed E-state index contributed by atoms with van der Waals surface area (Å²) >= 11 is 0. The fraction of sp³-hybridized carbons (Fsp3) is 0.286. The van der Waals surface area contributed by atoms with E-state index in [1.807, 2.05) is 44.2 Å². The number of benzene rings is 2. The number of amides is 1. The van der Waals surface area contributed by atoms with Gasteiger partial charge in [-0.15, -0.1) is 0 Å². The van der Waals surface area contributed by atoms with Gasteiger partial charge in [0.15, 0.2) is 0 Å². The molecular weight excluding hydrogens is 326 g/mol. The predicted octanol–water partition coefficient (Wildman–Crippen LogP) is 3.03. The Morgan fingerprint density at radius 1 is 1.12 bits per heavy atom. The standard InChI is InChI=1S/C21H21N3O2/c1-4-24-19(22-17-8-6-5-7-14(17)21(24)26)12-16-15-11-13(2)9-10-18(15)23(3)20(16)25/h5-11,16H,4,12H2,1-3H3. The minimum Gasteiger partial charge on any atom is -0.315 e. The first-order valence-electron chi connectivity index (χ1n) is 8.87. The van der Waals surface area contributed by atoms with Crippen molar-refractivity contribution >= 4 is 22.5 Å². The van der Waals surface area contributed by atoms with Crippen molar-refractivity contribution in [1.82, 2.24) is 9.55 Å². The van der Waals surface area contributed by atoms with E-state index in [1.54, 1.807) is 22.6 Å². The number of carbonyl (C=O) groups excluding carboxylic acids is 1. The summed E-state index contributed by atoms with van der Waals surface area (Å²) in [5, 5.41) is 0.615. The number of hydrogen-bond acceptors (Lipinski definition) is 3. The first-order chi connectivity index (χ1) is 12.5. The second-order valence-electron chi connectivity index (χ2n) is 6.81. The van der Waals surface area contributed by atoms with E-state index < -0.39 is 0 Å². The van der Waals surface area contributed by atoms with Gasteiger partial charge in [0.2, 0.25) is 5.91 Å². The molecule has 1 aromatic heterocycles. The number of anilines is 1. The molecule has 2 heterocycles. The number of nitrogens with zero attached hydrogens (tertiary/aromatic N) is 3. The van der Waals surface area contributed by atoms with E-state index in [4.69, 9.17) is 4.98 Å². The van der Waals surface area contributed by atoms with Crippen molar-refractivity contribution in [2.24, 2.45) is 0 Å². The smallest absolute Gasteiger partial charge is 0.261 e. The number of carbonyl (C=O) groups is 1. The van der Waals surface area contributed by atoms with Gasteiger partial charge in [-0.2, -0.15) is 0 Å². The third-order valence-corrected chi connectivity index (χ3v) is 5.19. The summed E-state index contributed by atoms with van der Waals surface area (Å²) in [6, 6.07) is 13.4. The summed E-state index contributed by atoms with van der Waals surface area (Å²) in [4.78, 5) is 32.1. The highest BCUT2D eigenvalue weighted by atomic mass is 16.2. The fourth-order valence-corrected chi connectivity index (χ4v) is 3.82. The molecule has 5 nitrogen and oxygen atoms in total. The van der Waals surface area contributed by atoms with Crippen LogP contribution in [0.2, 0.25) is 0 Å². The van der Waals surface area contributed by atoms with Crippen LogP contribution in [-0.2, 0) is 17.8 Å². The number of hydrogen-bond donors (Lipinski definition) is 0. The third-order valence-electron chi connectivity index (χ3n) is 5.19. The first kappa shape index (κ1) is 16.5. The molecule has 3 aromatic rings. The lowest BCUT2D eigenvalue weighted by atomic mass is 9.95. The second kappa shape index (κ2) is 6.09. The normalized spacial score (nSPS) is 16.3. The highest BCUT2D eigenvalue weighted by Gasteiger charge is 2.36. The number of aromatic nitrogens is 2. The number of rotatable bonds is 3.